The zero-order valence-electron chi connectivity index (χ0n) is 44.3. The van der Waals surface area contributed by atoms with Gasteiger partial charge in [0.2, 0.25) is 0 Å². The van der Waals surface area contributed by atoms with Gasteiger partial charge in [0.05, 0.1) is 57.5 Å². The zero-order chi connectivity index (χ0) is 59.2. The summed E-state index contributed by atoms with van der Waals surface area (Å²) in [5.74, 6) is -7.55. The third kappa shape index (κ3) is 26.0. The van der Waals surface area contributed by atoms with Crippen molar-refractivity contribution in [2.45, 2.75) is 128 Å². The molecule has 32 heteroatoms. The molecule has 4 rings (SSSR count). The van der Waals surface area contributed by atoms with Gasteiger partial charge in [0, 0.05) is 126 Å². The maximum atomic E-state index is 12.5. The summed E-state index contributed by atoms with van der Waals surface area (Å²) >= 11 is 3.79. The predicted molar refractivity (Wildman–Crippen MR) is 280 cm³/mol. The molecule has 8 amide bonds. The van der Waals surface area contributed by atoms with E-state index in [0.29, 0.717) is 68.9 Å². The Bertz CT molecular complexity index is 1970. The lowest BCUT2D eigenvalue weighted by atomic mass is 9.92. The molecule has 0 aromatic heterocycles. The number of hydrogen-bond donors (Lipinski definition) is 0. The summed E-state index contributed by atoms with van der Waals surface area (Å²) in [7, 11) is 0. The Balaban J connectivity index is 1.28. The smallest absolute Gasteiger partial charge is 0.333 e. The average molecular weight is 1220 g/mol. The topological polar surface area (TPSA) is 360 Å². The number of rotatable bonds is 40. The van der Waals surface area contributed by atoms with Crippen LogP contribution in [0.25, 0.3) is 0 Å². The van der Waals surface area contributed by atoms with Crippen LogP contribution in [-0.2, 0) is 115 Å². The van der Waals surface area contributed by atoms with E-state index in [9.17, 15) is 76.7 Å². The Morgan fingerprint density at radius 1 is 0.309 bits per heavy atom. The molecule has 81 heavy (non-hydrogen) atoms. The van der Waals surface area contributed by atoms with Gasteiger partial charge in [0.15, 0.2) is 20.5 Å². The number of hydroxylamine groups is 8. The fourth-order valence-electron chi connectivity index (χ4n) is 7.12. The molecule has 0 bridgehead atoms. The van der Waals surface area contributed by atoms with E-state index in [2.05, 4.69) is 0 Å². The first-order valence-corrected chi connectivity index (χ1v) is 29.9. The highest BCUT2D eigenvalue weighted by molar-refractivity contribution is 8.14. The first-order chi connectivity index (χ1) is 38.7. The molecule has 0 atom stereocenters. The van der Waals surface area contributed by atoms with Crippen molar-refractivity contribution >= 4 is 139 Å². The van der Waals surface area contributed by atoms with Crippen molar-refractivity contribution in [2.75, 3.05) is 75.9 Å². The van der Waals surface area contributed by atoms with E-state index in [1.54, 1.807) is 0 Å². The van der Waals surface area contributed by atoms with Gasteiger partial charge >= 0.3 is 23.9 Å². The number of amides is 8. The molecule has 0 aromatic rings. The Kier molecular flexibility index (Phi) is 30.8. The summed E-state index contributed by atoms with van der Waals surface area (Å²) in [5, 5.41) is 0.278. The van der Waals surface area contributed by atoms with E-state index < -0.39 is 76.5 Å². The van der Waals surface area contributed by atoms with Crippen LogP contribution >= 0.6 is 47.0 Å². The van der Waals surface area contributed by atoms with Crippen molar-refractivity contribution < 1.29 is 115 Å². The molecule has 4 saturated heterocycles. The second kappa shape index (κ2) is 36.7. The number of imide groups is 4. The van der Waals surface area contributed by atoms with Gasteiger partial charge in [-0.25, -0.2) is 19.2 Å². The third-order valence-corrected chi connectivity index (χ3v) is 15.4. The summed E-state index contributed by atoms with van der Waals surface area (Å²) in [4.78, 5) is 212. The van der Waals surface area contributed by atoms with Crippen LogP contribution in [0.1, 0.15) is 128 Å². The van der Waals surface area contributed by atoms with Gasteiger partial charge in [-0.1, -0.05) is 47.0 Å². The highest BCUT2D eigenvalue weighted by Gasteiger charge is 2.37. The largest absolute Gasteiger partial charge is 0.381 e. The van der Waals surface area contributed by atoms with Crippen molar-refractivity contribution in [3.8, 4) is 0 Å². The van der Waals surface area contributed by atoms with Gasteiger partial charge in [0.25, 0.3) is 47.3 Å². The average Bonchev–Trinajstić information content (AvgIpc) is 4.17. The molecule has 0 N–H and O–H groups in total. The van der Waals surface area contributed by atoms with E-state index in [-0.39, 0.29) is 176 Å². The Morgan fingerprint density at radius 2 is 0.494 bits per heavy atom. The lowest BCUT2D eigenvalue weighted by Gasteiger charge is -2.33. The molecular weight excluding hydrogens is 1160 g/mol. The minimum absolute atomic E-state index is 0.000725. The summed E-state index contributed by atoms with van der Waals surface area (Å²) in [6, 6.07) is 0. The van der Waals surface area contributed by atoms with Crippen molar-refractivity contribution in [3.63, 3.8) is 0 Å². The number of carbonyl (C=O) groups excluding carboxylic acids is 16. The van der Waals surface area contributed by atoms with Gasteiger partial charge in [-0.2, -0.15) is 0 Å². The fraction of sp³-hybridized carbons (Fsp3) is 0.673. The zero-order valence-corrected chi connectivity index (χ0v) is 47.6. The molecule has 0 aromatic carbocycles. The maximum absolute atomic E-state index is 12.5. The number of ether oxygens (including phenoxy) is 4. The van der Waals surface area contributed by atoms with Crippen LogP contribution in [-0.4, -0.2) is 188 Å². The summed E-state index contributed by atoms with van der Waals surface area (Å²) in [6.07, 6.45) is -1.30. The number of thioether (sulfide) groups is 4. The van der Waals surface area contributed by atoms with Gasteiger partial charge in [-0.05, 0) is 25.7 Å². The van der Waals surface area contributed by atoms with E-state index in [1.807, 2.05) is 0 Å². The van der Waals surface area contributed by atoms with Gasteiger partial charge in [0.1, 0.15) is 0 Å². The molecule has 0 unspecified atom stereocenters. The third-order valence-electron chi connectivity index (χ3n) is 11.3. The van der Waals surface area contributed by atoms with Crippen molar-refractivity contribution in [1.82, 2.24) is 20.3 Å². The standard InChI is InChI=1S/C49H64N4O24S4/c54-33-5-6-34(55)50(33)74-41(62)13-17-45(66)78-25-1-21-70-29-49(30-71-22-2-26-79-46(67)18-14-42(63)75-51-35(56)7-8-36(51)57,31-72-23-3-27-80-47(68)19-15-43(64)76-52-37(58)9-10-38(52)59)32-73-24-4-28-81-48(69)20-16-44(65)77-53-39(60)11-12-40(53)61/h1-32H2. The van der Waals surface area contributed by atoms with Gasteiger partial charge < -0.3 is 38.3 Å². The quantitative estimate of drug-likeness (QED) is 0.0627. The second-order valence-corrected chi connectivity index (χ2v) is 22.8. The monoisotopic (exact) mass is 1220 g/mol. The minimum Gasteiger partial charge on any atom is -0.381 e. The SMILES string of the molecule is O=C(CCC(=O)SCCCOCC(COCCCSC(=O)CCC(=O)ON1C(=O)CCC1=O)(COCCCSC(=O)CCC(=O)ON1C(=O)CCC1=O)COCCCSC(=O)CCC(=O)ON1C(=O)CCC1=O)ON1C(=O)CCC1=O. The van der Waals surface area contributed by atoms with Crippen LogP contribution in [0.3, 0.4) is 0 Å². The molecule has 0 aliphatic carbocycles. The molecular formula is C49H64N4O24S4. The molecule has 0 spiro atoms. The molecule has 28 nitrogen and oxygen atoms in total. The molecule has 4 heterocycles. The first-order valence-electron chi connectivity index (χ1n) is 26.0. The van der Waals surface area contributed by atoms with Crippen molar-refractivity contribution in [3.05, 3.63) is 0 Å². The maximum Gasteiger partial charge on any atom is 0.333 e. The molecule has 448 valence electrons. The number of nitrogens with zero attached hydrogens (tertiary/aromatic N) is 4. The van der Waals surface area contributed by atoms with Crippen LogP contribution in [0, 0.1) is 5.41 Å². The Morgan fingerprint density at radius 3 is 0.679 bits per heavy atom. The van der Waals surface area contributed by atoms with Crippen molar-refractivity contribution in [2.24, 2.45) is 5.41 Å². The molecule has 4 aliphatic heterocycles. The van der Waals surface area contributed by atoms with Crippen LogP contribution in [0.2, 0.25) is 0 Å². The highest BCUT2D eigenvalue weighted by atomic mass is 32.2. The normalized spacial score (nSPS) is 15.6. The van der Waals surface area contributed by atoms with Crippen LogP contribution < -0.4 is 0 Å². The van der Waals surface area contributed by atoms with E-state index in [1.165, 1.54) is 0 Å². The highest BCUT2D eigenvalue weighted by Crippen LogP contribution is 2.24. The second-order valence-electron chi connectivity index (χ2n) is 18.2. The van der Waals surface area contributed by atoms with Gasteiger partial charge in [-0.15, -0.1) is 20.3 Å². The summed E-state index contributed by atoms with van der Waals surface area (Å²) < 4.78 is 24.5. The Labute approximate surface area is 481 Å². The fourth-order valence-corrected chi connectivity index (χ4v) is 10.1. The molecule has 4 aliphatic rings. The number of carbonyl (C=O) groups is 16. The van der Waals surface area contributed by atoms with Crippen LogP contribution in [0.15, 0.2) is 0 Å². The molecule has 4 fully saturated rings. The van der Waals surface area contributed by atoms with Gasteiger partial charge in [-0.3, -0.25) is 57.5 Å². The lowest BCUT2D eigenvalue weighted by molar-refractivity contribution is -0.197. The molecule has 0 radical (unpaired) electrons. The van der Waals surface area contributed by atoms with Crippen molar-refractivity contribution in [1.29, 1.82) is 0 Å². The summed E-state index contributed by atoms with van der Waals surface area (Å²) in [6.45, 7) is 0.585. The summed E-state index contributed by atoms with van der Waals surface area (Å²) in [5.41, 5.74) is -0.994. The van der Waals surface area contributed by atoms with E-state index in [4.69, 9.17) is 38.3 Å². The van der Waals surface area contributed by atoms with E-state index >= 15 is 0 Å². The predicted octanol–water partition coefficient (Wildman–Crippen LogP) is 2.19. The first kappa shape index (κ1) is 67.9. The van der Waals surface area contributed by atoms with E-state index in [0.717, 1.165) is 47.0 Å². The number of hydrogen-bond acceptors (Lipinski definition) is 28. The Hall–Kier alpha value is -5.64. The molecule has 0 saturated carbocycles. The lowest BCUT2D eigenvalue weighted by Crippen LogP contribution is -2.42. The van der Waals surface area contributed by atoms with Crippen LogP contribution in [0.5, 0.6) is 0 Å². The van der Waals surface area contributed by atoms with Crippen LogP contribution in [0.4, 0.5) is 0 Å². The minimum atomic E-state index is -0.994.